The van der Waals surface area contributed by atoms with Gasteiger partial charge in [0.15, 0.2) is 0 Å². The lowest BCUT2D eigenvalue weighted by Gasteiger charge is -2.03. The Morgan fingerprint density at radius 2 is 0.957 bits per heavy atom. The van der Waals surface area contributed by atoms with Gasteiger partial charge < -0.3 is 9.47 Å². The summed E-state index contributed by atoms with van der Waals surface area (Å²) in [5.41, 5.74) is 0. The Bertz CT molecular complexity index is 323. The van der Waals surface area contributed by atoms with Crippen molar-refractivity contribution < 1.29 is 19.1 Å². The van der Waals surface area contributed by atoms with E-state index in [4.69, 9.17) is 9.47 Å². The van der Waals surface area contributed by atoms with Crippen LogP contribution in [0.2, 0.25) is 0 Å². The van der Waals surface area contributed by atoms with Gasteiger partial charge in [-0.2, -0.15) is 0 Å². The molecule has 0 aromatic heterocycles. The average molecular weight is 326 g/mol. The fraction of sp³-hybridized carbons (Fsp3) is 0.789. The van der Waals surface area contributed by atoms with Crippen LogP contribution in [0, 0.1) is 0 Å². The second kappa shape index (κ2) is 17.0. The van der Waals surface area contributed by atoms with E-state index in [1.165, 1.54) is 32.1 Å². The number of hydrogen-bond donors (Lipinski definition) is 0. The Balaban J connectivity index is 3.48. The van der Waals surface area contributed by atoms with Crippen LogP contribution in [0.3, 0.4) is 0 Å². The molecule has 0 heterocycles. The van der Waals surface area contributed by atoms with Gasteiger partial charge in [0, 0.05) is 12.2 Å². The Hall–Kier alpha value is -1.32. The minimum Gasteiger partial charge on any atom is -0.463 e. The van der Waals surface area contributed by atoms with Crippen LogP contribution in [-0.2, 0) is 19.1 Å². The van der Waals surface area contributed by atoms with Crippen molar-refractivity contribution in [2.45, 2.75) is 84.5 Å². The van der Waals surface area contributed by atoms with E-state index in [9.17, 15) is 9.59 Å². The molecule has 0 aromatic rings. The zero-order chi connectivity index (χ0) is 17.2. The summed E-state index contributed by atoms with van der Waals surface area (Å²) in [7, 11) is 0. The van der Waals surface area contributed by atoms with E-state index in [1.54, 1.807) is 0 Å². The predicted molar refractivity (Wildman–Crippen MR) is 93.2 cm³/mol. The number of esters is 2. The van der Waals surface area contributed by atoms with Crippen LogP contribution in [0.1, 0.15) is 84.5 Å². The van der Waals surface area contributed by atoms with Crippen molar-refractivity contribution in [2.75, 3.05) is 13.2 Å². The summed E-state index contributed by atoms with van der Waals surface area (Å²) in [6.45, 7) is 5.17. The molecule has 0 saturated heterocycles. The van der Waals surface area contributed by atoms with E-state index in [-0.39, 0.29) is 0 Å². The minimum atomic E-state index is -0.477. The highest BCUT2D eigenvalue weighted by atomic mass is 16.5. The van der Waals surface area contributed by atoms with Crippen molar-refractivity contribution in [3.63, 3.8) is 0 Å². The molecule has 134 valence electrons. The van der Waals surface area contributed by atoms with Gasteiger partial charge in [-0.25, -0.2) is 9.59 Å². The van der Waals surface area contributed by atoms with Gasteiger partial charge in [0.1, 0.15) is 0 Å². The average Bonchev–Trinajstić information content (AvgIpc) is 2.55. The molecule has 0 unspecified atom stereocenters. The molecule has 0 atom stereocenters. The molecule has 0 saturated carbocycles. The van der Waals surface area contributed by atoms with Gasteiger partial charge in [0.25, 0.3) is 0 Å². The van der Waals surface area contributed by atoms with Crippen LogP contribution in [0.25, 0.3) is 0 Å². The zero-order valence-corrected chi connectivity index (χ0v) is 15.0. The monoisotopic (exact) mass is 326 g/mol. The predicted octanol–water partition coefficient (Wildman–Crippen LogP) is 4.96. The van der Waals surface area contributed by atoms with E-state index in [1.807, 2.05) is 0 Å². The normalized spacial score (nSPS) is 10.9. The molecule has 4 nitrogen and oxygen atoms in total. The van der Waals surface area contributed by atoms with Gasteiger partial charge in [-0.3, -0.25) is 0 Å². The van der Waals surface area contributed by atoms with Crippen molar-refractivity contribution in [1.82, 2.24) is 0 Å². The Morgan fingerprint density at radius 1 is 0.609 bits per heavy atom. The first-order valence-corrected chi connectivity index (χ1v) is 9.22. The zero-order valence-electron chi connectivity index (χ0n) is 15.0. The first kappa shape index (κ1) is 21.7. The summed E-state index contributed by atoms with van der Waals surface area (Å²) in [6.07, 6.45) is 14.8. The molecule has 4 heteroatoms. The molecule has 0 fully saturated rings. The molecular formula is C19H34O4. The van der Waals surface area contributed by atoms with Crippen molar-refractivity contribution in [3.05, 3.63) is 12.2 Å². The number of hydrogen-bond acceptors (Lipinski definition) is 4. The Morgan fingerprint density at radius 3 is 1.39 bits per heavy atom. The molecule has 23 heavy (non-hydrogen) atoms. The van der Waals surface area contributed by atoms with Crippen LogP contribution in [0.4, 0.5) is 0 Å². The van der Waals surface area contributed by atoms with Gasteiger partial charge in [0.05, 0.1) is 13.2 Å². The van der Waals surface area contributed by atoms with Gasteiger partial charge in [-0.05, 0) is 12.8 Å². The third-order valence-electron chi connectivity index (χ3n) is 3.59. The maximum absolute atomic E-state index is 11.4. The van der Waals surface area contributed by atoms with E-state index >= 15 is 0 Å². The third kappa shape index (κ3) is 16.9. The lowest BCUT2D eigenvalue weighted by atomic mass is 10.1. The van der Waals surface area contributed by atoms with Crippen LogP contribution < -0.4 is 0 Å². The fourth-order valence-electron chi connectivity index (χ4n) is 2.17. The SMILES string of the molecule is CCCCCCCCCOC(=O)/C=C/C(=O)OCCCCCC. The maximum atomic E-state index is 11.4. The molecule has 0 aliphatic heterocycles. The van der Waals surface area contributed by atoms with E-state index in [0.717, 1.165) is 50.7 Å². The summed E-state index contributed by atoms with van der Waals surface area (Å²) in [5.74, 6) is -0.951. The summed E-state index contributed by atoms with van der Waals surface area (Å²) in [4.78, 5) is 22.8. The number of unbranched alkanes of at least 4 members (excludes halogenated alkanes) is 9. The summed E-state index contributed by atoms with van der Waals surface area (Å²) in [6, 6.07) is 0. The highest BCUT2D eigenvalue weighted by Gasteiger charge is 2.01. The topological polar surface area (TPSA) is 52.6 Å². The number of rotatable bonds is 15. The van der Waals surface area contributed by atoms with E-state index in [0.29, 0.717) is 13.2 Å². The molecule has 0 aliphatic carbocycles. The quantitative estimate of drug-likeness (QED) is 0.242. The first-order valence-electron chi connectivity index (χ1n) is 9.22. The smallest absolute Gasteiger partial charge is 0.331 e. The Kier molecular flexibility index (Phi) is 16.1. The van der Waals surface area contributed by atoms with Gasteiger partial charge >= 0.3 is 11.9 Å². The van der Waals surface area contributed by atoms with Crippen LogP contribution >= 0.6 is 0 Å². The molecule has 0 aromatic carbocycles. The molecule has 0 aliphatic rings. The fourth-order valence-corrected chi connectivity index (χ4v) is 2.17. The molecule has 0 bridgehead atoms. The molecule has 0 radical (unpaired) electrons. The third-order valence-corrected chi connectivity index (χ3v) is 3.59. The molecule has 0 N–H and O–H groups in total. The summed E-state index contributed by atoms with van der Waals surface area (Å²) < 4.78 is 10.0. The number of carbonyl (C=O) groups excluding carboxylic acids is 2. The molecule has 0 rings (SSSR count). The highest BCUT2D eigenvalue weighted by molar-refractivity contribution is 5.91. The maximum Gasteiger partial charge on any atom is 0.331 e. The highest BCUT2D eigenvalue weighted by Crippen LogP contribution is 2.06. The van der Waals surface area contributed by atoms with Crippen molar-refractivity contribution in [1.29, 1.82) is 0 Å². The first-order chi connectivity index (χ1) is 11.2. The van der Waals surface area contributed by atoms with Gasteiger partial charge in [-0.15, -0.1) is 0 Å². The lowest BCUT2D eigenvalue weighted by Crippen LogP contribution is -2.06. The molecule has 0 amide bonds. The lowest BCUT2D eigenvalue weighted by molar-refractivity contribution is -0.140. The standard InChI is InChI=1S/C19H34O4/c1-3-5-7-9-10-11-13-17-23-19(21)15-14-18(20)22-16-12-8-6-4-2/h14-15H,3-13,16-17H2,1-2H3/b15-14+. The summed E-state index contributed by atoms with van der Waals surface area (Å²) >= 11 is 0. The number of carbonyl (C=O) groups is 2. The number of ether oxygens (including phenoxy) is 2. The van der Waals surface area contributed by atoms with Crippen molar-refractivity contribution >= 4 is 11.9 Å². The second-order valence-electron chi connectivity index (χ2n) is 5.85. The van der Waals surface area contributed by atoms with Gasteiger partial charge in [-0.1, -0.05) is 71.6 Å². The summed E-state index contributed by atoms with van der Waals surface area (Å²) in [5, 5.41) is 0. The second-order valence-corrected chi connectivity index (χ2v) is 5.85. The Labute approximate surface area is 141 Å². The van der Waals surface area contributed by atoms with E-state index in [2.05, 4.69) is 13.8 Å². The van der Waals surface area contributed by atoms with Crippen LogP contribution in [0.5, 0.6) is 0 Å². The van der Waals surface area contributed by atoms with Crippen molar-refractivity contribution in [2.24, 2.45) is 0 Å². The van der Waals surface area contributed by atoms with Crippen molar-refractivity contribution in [3.8, 4) is 0 Å². The largest absolute Gasteiger partial charge is 0.463 e. The van der Waals surface area contributed by atoms with Gasteiger partial charge in [0.2, 0.25) is 0 Å². The molecular weight excluding hydrogens is 292 g/mol. The van der Waals surface area contributed by atoms with Crippen LogP contribution in [-0.4, -0.2) is 25.2 Å². The molecule has 0 spiro atoms. The van der Waals surface area contributed by atoms with Crippen LogP contribution in [0.15, 0.2) is 12.2 Å². The van der Waals surface area contributed by atoms with E-state index < -0.39 is 11.9 Å². The minimum absolute atomic E-state index is 0.413.